The van der Waals surface area contributed by atoms with Gasteiger partial charge in [0.05, 0.1) is 12.0 Å². The van der Waals surface area contributed by atoms with Crippen molar-refractivity contribution in [2.24, 2.45) is 0 Å². The number of hydrogen-bond acceptors (Lipinski definition) is 7. The Kier molecular flexibility index (Phi) is 6.73. The maximum atomic E-state index is 13.5. The van der Waals surface area contributed by atoms with Crippen LogP contribution in [0.25, 0.3) is 11.7 Å². The lowest BCUT2D eigenvalue weighted by molar-refractivity contribution is 0.373. The number of pyridine rings is 1. The molecule has 0 aliphatic heterocycles. The molecule has 0 spiro atoms. The number of benzene rings is 2. The average Bonchev–Trinajstić information content (AvgIpc) is 2.85. The SMILES string of the molecule is COc1ccccc1Oc1nc2c(C)cccn2c(=O)c1C=C(C#N)S(=O)(=O)c1ccc(Br)cc1. The van der Waals surface area contributed by atoms with Gasteiger partial charge in [-0.05, 0) is 61.0 Å². The van der Waals surface area contributed by atoms with Gasteiger partial charge in [0, 0.05) is 10.7 Å². The van der Waals surface area contributed by atoms with E-state index in [9.17, 15) is 18.5 Å². The summed E-state index contributed by atoms with van der Waals surface area (Å²) >= 11 is 3.26. The Hall–Kier alpha value is -3.94. The molecule has 0 bridgehead atoms. The first-order valence-corrected chi connectivity index (χ1v) is 12.5. The van der Waals surface area contributed by atoms with E-state index in [-0.39, 0.29) is 22.1 Å². The highest BCUT2D eigenvalue weighted by molar-refractivity contribution is 9.10. The van der Waals surface area contributed by atoms with Crippen LogP contribution in [-0.2, 0) is 9.84 Å². The molecule has 2 aromatic heterocycles. The van der Waals surface area contributed by atoms with Crippen molar-refractivity contribution in [3.8, 4) is 23.4 Å². The minimum atomic E-state index is -4.22. The number of para-hydroxylation sites is 2. The second kappa shape index (κ2) is 9.74. The average molecular weight is 552 g/mol. The van der Waals surface area contributed by atoms with E-state index in [1.807, 2.05) is 0 Å². The number of aryl methyl sites for hydroxylation is 1. The molecule has 0 saturated carbocycles. The zero-order chi connectivity index (χ0) is 25.2. The van der Waals surface area contributed by atoms with Crippen LogP contribution in [0, 0.1) is 18.3 Å². The monoisotopic (exact) mass is 551 g/mol. The maximum absolute atomic E-state index is 13.5. The number of sulfone groups is 1. The number of fused-ring (bicyclic) bond motifs is 1. The number of rotatable bonds is 6. The number of nitrogens with zero attached hydrogens (tertiary/aromatic N) is 3. The van der Waals surface area contributed by atoms with Gasteiger partial charge in [-0.15, -0.1) is 0 Å². The predicted molar refractivity (Wildman–Crippen MR) is 134 cm³/mol. The normalized spacial score (nSPS) is 11.8. The van der Waals surface area contributed by atoms with Crippen LogP contribution < -0.4 is 15.0 Å². The van der Waals surface area contributed by atoms with Crippen LogP contribution in [0.4, 0.5) is 0 Å². The van der Waals surface area contributed by atoms with E-state index in [4.69, 9.17) is 9.47 Å². The molecule has 2 heterocycles. The van der Waals surface area contributed by atoms with Crippen LogP contribution in [0.1, 0.15) is 11.1 Å². The second-order valence-corrected chi connectivity index (χ2v) is 10.2. The first-order chi connectivity index (χ1) is 16.8. The minimum absolute atomic E-state index is 0.0922. The van der Waals surface area contributed by atoms with E-state index < -0.39 is 20.3 Å². The van der Waals surface area contributed by atoms with Gasteiger partial charge in [0.1, 0.15) is 22.2 Å². The number of aromatic nitrogens is 2. The number of ether oxygens (including phenoxy) is 2. The standard InChI is InChI=1S/C25H18BrN3O5S/c1-16-6-5-13-29-23(16)28-24(34-22-8-4-3-7-21(22)33-2)20(25(29)30)14-19(15-27)35(31,32)18-11-9-17(26)10-12-18/h3-14H,1-2H3. The van der Waals surface area contributed by atoms with Gasteiger partial charge < -0.3 is 9.47 Å². The lowest BCUT2D eigenvalue weighted by Gasteiger charge is -2.13. The summed E-state index contributed by atoms with van der Waals surface area (Å²) in [6.07, 6.45) is 2.50. The molecule has 10 heteroatoms. The minimum Gasteiger partial charge on any atom is -0.493 e. The quantitative estimate of drug-likeness (QED) is 0.313. The van der Waals surface area contributed by atoms with Gasteiger partial charge in [0.15, 0.2) is 11.5 Å². The summed E-state index contributed by atoms with van der Waals surface area (Å²) in [4.78, 5) is 17.2. The van der Waals surface area contributed by atoms with Crippen LogP contribution in [0.3, 0.4) is 0 Å². The van der Waals surface area contributed by atoms with E-state index in [0.717, 1.165) is 6.08 Å². The third-order valence-electron chi connectivity index (χ3n) is 5.12. The van der Waals surface area contributed by atoms with E-state index in [1.165, 1.54) is 29.8 Å². The Morgan fingerprint density at radius 3 is 2.43 bits per heavy atom. The van der Waals surface area contributed by atoms with Gasteiger partial charge in [0.2, 0.25) is 15.7 Å². The molecule has 0 aliphatic carbocycles. The first-order valence-electron chi connectivity index (χ1n) is 10.2. The fourth-order valence-corrected chi connectivity index (χ4v) is 4.75. The van der Waals surface area contributed by atoms with Gasteiger partial charge in [-0.2, -0.15) is 10.2 Å². The fraction of sp³-hybridized carbons (Fsp3) is 0.0800. The molecule has 0 unspecified atom stereocenters. The van der Waals surface area contributed by atoms with Crippen molar-refractivity contribution in [3.05, 3.63) is 97.7 Å². The number of methoxy groups -OCH3 is 1. The van der Waals surface area contributed by atoms with Crippen LogP contribution >= 0.6 is 15.9 Å². The predicted octanol–water partition coefficient (Wildman–Crippen LogP) is 4.90. The zero-order valence-corrected chi connectivity index (χ0v) is 21.0. The smallest absolute Gasteiger partial charge is 0.269 e. The molecule has 4 aromatic rings. The summed E-state index contributed by atoms with van der Waals surface area (Å²) in [7, 11) is -2.76. The summed E-state index contributed by atoms with van der Waals surface area (Å²) in [6, 6.07) is 17.7. The summed E-state index contributed by atoms with van der Waals surface area (Å²) in [5.41, 5.74) is 0.236. The van der Waals surface area contributed by atoms with Gasteiger partial charge in [-0.25, -0.2) is 8.42 Å². The van der Waals surface area contributed by atoms with Crippen molar-refractivity contribution in [3.63, 3.8) is 0 Å². The fourth-order valence-electron chi connectivity index (χ4n) is 3.34. The number of allylic oxidation sites excluding steroid dienone is 1. The highest BCUT2D eigenvalue weighted by Gasteiger charge is 2.24. The molecule has 0 N–H and O–H groups in total. The lowest BCUT2D eigenvalue weighted by Crippen LogP contribution is -2.20. The van der Waals surface area contributed by atoms with Crippen molar-refractivity contribution in [2.45, 2.75) is 11.8 Å². The number of hydrogen-bond donors (Lipinski definition) is 0. The van der Waals surface area contributed by atoms with Crippen molar-refractivity contribution in [2.75, 3.05) is 7.11 Å². The van der Waals surface area contributed by atoms with Gasteiger partial charge >= 0.3 is 0 Å². The van der Waals surface area contributed by atoms with Gasteiger partial charge in [-0.3, -0.25) is 9.20 Å². The summed E-state index contributed by atoms with van der Waals surface area (Å²) in [6.45, 7) is 1.78. The van der Waals surface area contributed by atoms with Crippen molar-refractivity contribution in [1.29, 1.82) is 5.26 Å². The Morgan fingerprint density at radius 2 is 1.77 bits per heavy atom. The molecule has 35 heavy (non-hydrogen) atoms. The van der Waals surface area contributed by atoms with Crippen molar-refractivity contribution in [1.82, 2.24) is 9.38 Å². The largest absolute Gasteiger partial charge is 0.493 e. The molecule has 0 amide bonds. The molecule has 0 radical (unpaired) electrons. The van der Waals surface area contributed by atoms with Crippen LogP contribution in [0.15, 0.2) is 85.9 Å². The third kappa shape index (κ3) is 4.69. The summed E-state index contributed by atoms with van der Waals surface area (Å²) < 4.78 is 39.6. The molecule has 0 saturated heterocycles. The lowest BCUT2D eigenvalue weighted by atomic mass is 10.2. The molecule has 2 aromatic carbocycles. The molecular formula is C25H18BrN3O5S. The molecular weight excluding hydrogens is 534 g/mol. The van der Waals surface area contributed by atoms with Crippen LogP contribution in [0.5, 0.6) is 17.4 Å². The van der Waals surface area contributed by atoms with Crippen LogP contribution in [0.2, 0.25) is 0 Å². The van der Waals surface area contributed by atoms with E-state index in [1.54, 1.807) is 61.5 Å². The highest BCUT2D eigenvalue weighted by Crippen LogP contribution is 2.33. The third-order valence-corrected chi connectivity index (χ3v) is 7.33. The Bertz CT molecular complexity index is 1670. The number of halogens is 1. The van der Waals surface area contributed by atoms with E-state index >= 15 is 0 Å². The van der Waals surface area contributed by atoms with Crippen molar-refractivity contribution >= 4 is 37.5 Å². The molecule has 4 rings (SSSR count). The van der Waals surface area contributed by atoms with E-state index in [0.29, 0.717) is 21.4 Å². The second-order valence-electron chi connectivity index (χ2n) is 7.35. The molecule has 0 fully saturated rings. The Morgan fingerprint density at radius 1 is 1.09 bits per heavy atom. The molecule has 176 valence electrons. The van der Waals surface area contributed by atoms with Gasteiger partial charge in [0.25, 0.3) is 5.56 Å². The number of nitriles is 1. The topological polar surface area (TPSA) is 111 Å². The highest BCUT2D eigenvalue weighted by atomic mass is 79.9. The Labute approximate surface area is 209 Å². The van der Waals surface area contributed by atoms with Gasteiger partial charge in [-0.1, -0.05) is 34.1 Å². The summed E-state index contributed by atoms with van der Waals surface area (Å²) in [5.74, 6) is 0.494. The summed E-state index contributed by atoms with van der Waals surface area (Å²) in [5, 5.41) is 9.75. The molecule has 0 atom stereocenters. The molecule has 0 aliphatic rings. The maximum Gasteiger partial charge on any atom is 0.269 e. The van der Waals surface area contributed by atoms with Crippen molar-refractivity contribution < 1.29 is 17.9 Å². The van der Waals surface area contributed by atoms with Crippen LogP contribution in [-0.4, -0.2) is 24.9 Å². The van der Waals surface area contributed by atoms with E-state index in [2.05, 4.69) is 20.9 Å². The molecule has 8 nitrogen and oxygen atoms in total. The first kappa shape index (κ1) is 24.2. The Balaban J connectivity index is 1.98. The zero-order valence-electron chi connectivity index (χ0n) is 18.6.